The average Bonchev–Trinajstić information content (AvgIpc) is 2.43. The molecule has 0 spiro atoms. The Morgan fingerprint density at radius 2 is 2.00 bits per heavy atom. The molecule has 6 heteroatoms. The van der Waals surface area contributed by atoms with Crippen LogP contribution in [0.3, 0.4) is 0 Å². The van der Waals surface area contributed by atoms with E-state index in [1.165, 1.54) is 12.5 Å². The zero-order chi connectivity index (χ0) is 15.6. The molecule has 0 bridgehead atoms. The van der Waals surface area contributed by atoms with E-state index in [2.05, 4.69) is 24.0 Å². The van der Waals surface area contributed by atoms with E-state index >= 15 is 0 Å². The molecule has 114 valence electrons. The van der Waals surface area contributed by atoms with Crippen molar-refractivity contribution in [3.8, 4) is 0 Å². The van der Waals surface area contributed by atoms with E-state index in [9.17, 15) is 10.1 Å². The predicted octanol–water partition coefficient (Wildman–Crippen LogP) is 4.24. The number of nitro groups is 1. The predicted molar refractivity (Wildman–Crippen MR) is 84.9 cm³/mol. The second-order valence-corrected chi connectivity index (χ2v) is 6.02. The highest BCUT2D eigenvalue weighted by atomic mass is 35.5. The summed E-state index contributed by atoms with van der Waals surface area (Å²) in [6.45, 7) is 6.20. The van der Waals surface area contributed by atoms with Crippen LogP contribution in [0.15, 0.2) is 23.3 Å². The molecular formula is C15H20ClN3O2. The van der Waals surface area contributed by atoms with Gasteiger partial charge >= 0.3 is 0 Å². The average molecular weight is 310 g/mol. The van der Waals surface area contributed by atoms with E-state index in [1.54, 1.807) is 12.1 Å². The molecule has 0 amide bonds. The maximum Gasteiger partial charge on any atom is 0.288 e. The fourth-order valence-corrected chi connectivity index (χ4v) is 2.90. The standard InChI is InChI=1S/C15H20ClN3O2/c1-10-5-4-6-11(2)18(10)17-12(3)13-7-8-14(16)15(9-13)19(20)21/h7-11H,4-6H2,1-3H3/b17-12-/t10-,11+. The van der Waals surface area contributed by atoms with Crippen molar-refractivity contribution in [3.63, 3.8) is 0 Å². The van der Waals surface area contributed by atoms with Gasteiger partial charge in [0, 0.05) is 23.7 Å². The number of nitro benzene ring substituents is 1. The summed E-state index contributed by atoms with van der Waals surface area (Å²) in [5.74, 6) is 0. The van der Waals surface area contributed by atoms with E-state index < -0.39 is 4.92 Å². The van der Waals surface area contributed by atoms with Crippen LogP contribution in [-0.4, -0.2) is 27.7 Å². The Labute approximate surface area is 129 Å². The minimum absolute atomic E-state index is 0.0801. The first-order chi connectivity index (χ1) is 9.90. The van der Waals surface area contributed by atoms with E-state index in [1.807, 2.05) is 6.92 Å². The van der Waals surface area contributed by atoms with Gasteiger partial charge in [0.1, 0.15) is 5.02 Å². The van der Waals surface area contributed by atoms with Gasteiger partial charge < -0.3 is 0 Å². The van der Waals surface area contributed by atoms with Crippen molar-refractivity contribution >= 4 is 23.0 Å². The highest BCUT2D eigenvalue weighted by molar-refractivity contribution is 6.32. The third-order valence-electron chi connectivity index (χ3n) is 3.97. The molecule has 1 heterocycles. The summed E-state index contributed by atoms with van der Waals surface area (Å²) in [6, 6.07) is 5.60. The zero-order valence-corrected chi connectivity index (χ0v) is 13.3. The van der Waals surface area contributed by atoms with Gasteiger partial charge in [0.2, 0.25) is 0 Å². The van der Waals surface area contributed by atoms with Gasteiger partial charge in [-0.1, -0.05) is 17.7 Å². The minimum atomic E-state index is -0.467. The first-order valence-corrected chi connectivity index (χ1v) is 7.55. The molecule has 0 aliphatic carbocycles. The number of nitrogens with zero attached hydrogens (tertiary/aromatic N) is 3. The number of halogens is 1. The second-order valence-electron chi connectivity index (χ2n) is 5.62. The van der Waals surface area contributed by atoms with Gasteiger partial charge in [-0.05, 0) is 46.1 Å². The summed E-state index contributed by atoms with van der Waals surface area (Å²) in [7, 11) is 0. The third kappa shape index (κ3) is 3.53. The van der Waals surface area contributed by atoms with Gasteiger partial charge in [-0.25, -0.2) is 0 Å². The highest BCUT2D eigenvalue weighted by Gasteiger charge is 2.23. The van der Waals surface area contributed by atoms with Crippen molar-refractivity contribution in [3.05, 3.63) is 38.9 Å². The Bertz CT molecular complexity index is 564. The molecule has 2 rings (SSSR count). The molecule has 2 atom stereocenters. The molecule has 1 aliphatic heterocycles. The molecule has 1 fully saturated rings. The van der Waals surface area contributed by atoms with Crippen LogP contribution in [0.5, 0.6) is 0 Å². The molecule has 0 N–H and O–H groups in total. The van der Waals surface area contributed by atoms with Crippen LogP contribution in [0.4, 0.5) is 5.69 Å². The van der Waals surface area contributed by atoms with Crippen molar-refractivity contribution in [1.82, 2.24) is 5.01 Å². The lowest BCUT2D eigenvalue weighted by atomic mass is 10.00. The molecule has 0 radical (unpaired) electrons. The normalized spacial score (nSPS) is 23.2. The Morgan fingerprint density at radius 3 is 2.57 bits per heavy atom. The van der Waals surface area contributed by atoms with Crippen molar-refractivity contribution in [2.45, 2.75) is 52.1 Å². The van der Waals surface area contributed by atoms with Crippen LogP contribution >= 0.6 is 11.6 Å². The summed E-state index contributed by atoms with van der Waals surface area (Å²) in [5.41, 5.74) is 1.43. The van der Waals surface area contributed by atoms with E-state index in [-0.39, 0.29) is 10.7 Å². The van der Waals surface area contributed by atoms with Crippen LogP contribution in [0.2, 0.25) is 5.02 Å². The van der Waals surface area contributed by atoms with Gasteiger partial charge in [0.25, 0.3) is 5.69 Å². The number of hydrazone groups is 1. The largest absolute Gasteiger partial charge is 0.291 e. The SMILES string of the molecule is C/C(=N/N1[C@H](C)CCC[C@@H]1C)c1ccc(Cl)c([N+](=O)[O-])c1. The van der Waals surface area contributed by atoms with Gasteiger partial charge in [-0.15, -0.1) is 0 Å². The second kappa shape index (κ2) is 6.43. The summed E-state index contributed by atoms with van der Waals surface area (Å²) in [4.78, 5) is 10.5. The molecule has 1 aromatic rings. The van der Waals surface area contributed by atoms with E-state index in [0.29, 0.717) is 12.1 Å². The first kappa shape index (κ1) is 15.8. The van der Waals surface area contributed by atoms with Crippen molar-refractivity contribution in [2.24, 2.45) is 5.10 Å². The van der Waals surface area contributed by atoms with Crippen LogP contribution in [0.25, 0.3) is 0 Å². The van der Waals surface area contributed by atoms with Crippen LogP contribution in [-0.2, 0) is 0 Å². The quantitative estimate of drug-likeness (QED) is 0.477. The number of piperidine rings is 1. The maximum absolute atomic E-state index is 11.0. The third-order valence-corrected chi connectivity index (χ3v) is 4.29. The van der Waals surface area contributed by atoms with E-state index in [0.717, 1.165) is 24.1 Å². The highest BCUT2D eigenvalue weighted by Crippen LogP contribution is 2.27. The fraction of sp³-hybridized carbons (Fsp3) is 0.533. The lowest BCUT2D eigenvalue weighted by Crippen LogP contribution is -2.40. The van der Waals surface area contributed by atoms with Crippen LogP contribution in [0, 0.1) is 10.1 Å². The van der Waals surface area contributed by atoms with Crippen LogP contribution < -0.4 is 0 Å². The molecule has 1 aliphatic rings. The Morgan fingerprint density at radius 1 is 1.38 bits per heavy atom. The smallest absolute Gasteiger partial charge is 0.288 e. The van der Waals surface area contributed by atoms with E-state index in [4.69, 9.17) is 11.6 Å². The number of hydrogen-bond acceptors (Lipinski definition) is 4. The van der Waals surface area contributed by atoms with Crippen molar-refractivity contribution in [2.75, 3.05) is 0 Å². The summed E-state index contributed by atoms with van der Waals surface area (Å²) in [6.07, 6.45) is 3.48. The molecule has 0 aromatic heterocycles. The molecule has 0 unspecified atom stereocenters. The molecular weight excluding hydrogens is 290 g/mol. The number of hydrogen-bond donors (Lipinski definition) is 0. The minimum Gasteiger partial charge on any atom is -0.291 e. The van der Waals surface area contributed by atoms with Crippen molar-refractivity contribution in [1.29, 1.82) is 0 Å². The summed E-state index contributed by atoms with van der Waals surface area (Å²) in [5, 5.41) is 17.9. The Hall–Kier alpha value is -1.62. The van der Waals surface area contributed by atoms with Gasteiger partial charge in [0.15, 0.2) is 0 Å². The number of benzene rings is 1. The number of rotatable bonds is 3. The monoisotopic (exact) mass is 309 g/mol. The Kier molecular flexibility index (Phi) is 4.83. The lowest BCUT2D eigenvalue weighted by molar-refractivity contribution is -0.384. The molecule has 21 heavy (non-hydrogen) atoms. The summed E-state index contributed by atoms with van der Waals surface area (Å²) < 4.78 is 0. The molecule has 1 aromatic carbocycles. The fourth-order valence-electron chi connectivity index (χ4n) is 2.71. The topological polar surface area (TPSA) is 58.7 Å². The molecule has 1 saturated heterocycles. The lowest BCUT2D eigenvalue weighted by Gasteiger charge is -2.37. The Balaban J connectivity index is 2.30. The molecule has 0 saturated carbocycles. The van der Waals surface area contributed by atoms with Gasteiger partial charge in [-0.2, -0.15) is 5.10 Å². The zero-order valence-electron chi connectivity index (χ0n) is 12.5. The maximum atomic E-state index is 11.0. The van der Waals surface area contributed by atoms with Crippen LogP contribution in [0.1, 0.15) is 45.6 Å². The van der Waals surface area contributed by atoms with Gasteiger partial charge in [0.05, 0.1) is 10.6 Å². The first-order valence-electron chi connectivity index (χ1n) is 7.18. The van der Waals surface area contributed by atoms with Crippen molar-refractivity contribution < 1.29 is 4.92 Å². The molecule has 5 nitrogen and oxygen atoms in total. The summed E-state index contributed by atoms with van der Waals surface area (Å²) >= 11 is 5.84. The van der Waals surface area contributed by atoms with Gasteiger partial charge in [-0.3, -0.25) is 15.1 Å².